The van der Waals surface area contributed by atoms with Gasteiger partial charge < -0.3 is 14.8 Å². The number of ether oxygens (including phenoxy) is 2. The Hall–Kier alpha value is -4.51. The van der Waals surface area contributed by atoms with E-state index in [0.717, 1.165) is 16.9 Å². The number of nitrogens with one attached hydrogen (secondary N) is 1. The summed E-state index contributed by atoms with van der Waals surface area (Å²) in [6.07, 6.45) is 4.18. The average molecular weight is 469 g/mol. The molecule has 8 heteroatoms. The molecule has 0 bridgehead atoms. The van der Waals surface area contributed by atoms with Crippen LogP contribution in [-0.2, 0) is 22.6 Å². The molecule has 8 nitrogen and oxygen atoms in total. The minimum Gasteiger partial charge on any atom is -0.497 e. The number of rotatable bonds is 8. The lowest BCUT2D eigenvalue weighted by molar-refractivity contribution is -0.148. The van der Waals surface area contributed by atoms with Crippen LogP contribution in [0.1, 0.15) is 34.7 Å². The Morgan fingerprint density at radius 3 is 2.60 bits per heavy atom. The second kappa shape index (κ2) is 11.1. The van der Waals surface area contributed by atoms with Gasteiger partial charge in [-0.1, -0.05) is 24.3 Å². The first-order valence-corrected chi connectivity index (χ1v) is 11.1. The first kappa shape index (κ1) is 23.6. The van der Waals surface area contributed by atoms with Crippen molar-refractivity contribution in [3.8, 4) is 11.8 Å². The topological polar surface area (TPSA) is 114 Å². The highest BCUT2D eigenvalue weighted by Crippen LogP contribution is 2.30. The first-order valence-electron chi connectivity index (χ1n) is 11.1. The highest BCUT2D eigenvalue weighted by atomic mass is 16.5. The molecule has 0 radical (unpaired) electrons. The van der Waals surface area contributed by atoms with Crippen molar-refractivity contribution in [1.29, 1.82) is 5.26 Å². The molecule has 176 valence electrons. The summed E-state index contributed by atoms with van der Waals surface area (Å²) in [5, 5.41) is 11.9. The number of aromatic nitrogens is 1. The summed E-state index contributed by atoms with van der Waals surface area (Å²) >= 11 is 0. The van der Waals surface area contributed by atoms with Gasteiger partial charge in [-0.05, 0) is 65.9 Å². The summed E-state index contributed by atoms with van der Waals surface area (Å²) in [5.74, 6) is -0.575. The van der Waals surface area contributed by atoms with Gasteiger partial charge in [0.15, 0.2) is 0 Å². The summed E-state index contributed by atoms with van der Waals surface area (Å²) in [6.45, 7) is 0.00499. The molecule has 0 fully saturated rings. The number of carbonyl (C=O) groups is 2. The van der Waals surface area contributed by atoms with E-state index in [2.05, 4.69) is 21.4 Å². The molecular weight excluding hydrogens is 444 g/mol. The summed E-state index contributed by atoms with van der Waals surface area (Å²) < 4.78 is 11.0. The number of hydrogen-bond acceptors (Lipinski definition) is 6. The molecule has 2 atom stereocenters. The van der Waals surface area contributed by atoms with Crippen molar-refractivity contribution in [2.24, 2.45) is 10.9 Å². The van der Waals surface area contributed by atoms with E-state index < -0.39 is 24.0 Å². The second-order valence-corrected chi connectivity index (χ2v) is 8.06. The van der Waals surface area contributed by atoms with Crippen LogP contribution in [0, 0.1) is 17.2 Å². The fraction of sp³-hybridized carbons (Fsp3) is 0.222. The maximum Gasteiger partial charge on any atom is 0.341 e. The quantitative estimate of drug-likeness (QED) is 0.497. The minimum atomic E-state index is -0.806. The Bertz CT molecular complexity index is 1280. The molecule has 3 aromatic rings. The van der Waals surface area contributed by atoms with Gasteiger partial charge in [-0.2, -0.15) is 5.26 Å². The number of carbonyl (C=O) groups excluding carboxylic acids is 2. The van der Waals surface area contributed by atoms with E-state index in [-0.39, 0.29) is 6.61 Å². The van der Waals surface area contributed by atoms with Crippen LogP contribution in [0.2, 0.25) is 0 Å². The van der Waals surface area contributed by atoms with Gasteiger partial charge in [-0.15, -0.1) is 0 Å². The lowest BCUT2D eigenvalue weighted by atomic mass is 9.85. The van der Waals surface area contributed by atoms with Crippen molar-refractivity contribution in [2.45, 2.75) is 25.5 Å². The standard InChI is InChI=1S/C27H24N4O4/c1-34-22-7-3-4-18(15-22)8-9-23-24(25(31-27(33)30-23)21-10-12-29-13-11-21)26(32)35-17-20-6-2-5-19(14-20)16-28/h2-7,10-15,24-25H,8-9,17H2,1H3,(H,31,33). The average Bonchev–Trinajstić information content (AvgIpc) is 2.91. The summed E-state index contributed by atoms with van der Waals surface area (Å²) in [7, 11) is 1.60. The van der Waals surface area contributed by atoms with Crippen LogP contribution in [0.4, 0.5) is 4.79 Å². The Kier molecular flexibility index (Phi) is 7.48. The van der Waals surface area contributed by atoms with Crippen molar-refractivity contribution in [1.82, 2.24) is 10.3 Å². The molecule has 2 heterocycles. The van der Waals surface area contributed by atoms with Crippen LogP contribution in [0.15, 0.2) is 78.0 Å². The van der Waals surface area contributed by atoms with Gasteiger partial charge in [-0.25, -0.2) is 9.79 Å². The number of hydrogen-bond donors (Lipinski definition) is 1. The smallest absolute Gasteiger partial charge is 0.341 e. The predicted molar refractivity (Wildman–Crippen MR) is 129 cm³/mol. The minimum absolute atomic E-state index is 0.00499. The molecule has 0 saturated heterocycles. The molecular formula is C27H24N4O4. The van der Waals surface area contributed by atoms with Gasteiger partial charge in [-0.3, -0.25) is 9.78 Å². The Morgan fingerprint density at radius 2 is 1.83 bits per heavy atom. The van der Waals surface area contributed by atoms with Crippen LogP contribution in [-0.4, -0.2) is 29.8 Å². The molecule has 2 unspecified atom stereocenters. The molecule has 35 heavy (non-hydrogen) atoms. The zero-order valence-electron chi connectivity index (χ0n) is 19.2. The SMILES string of the molecule is COc1cccc(CCC2=NC(=O)NC(c3ccncc3)C2C(=O)OCc2cccc(C#N)c2)c1. The molecule has 1 aromatic heterocycles. The van der Waals surface area contributed by atoms with Gasteiger partial charge >= 0.3 is 12.0 Å². The van der Waals surface area contributed by atoms with Crippen molar-refractivity contribution in [3.05, 3.63) is 95.3 Å². The van der Waals surface area contributed by atoms with E-state index >= 15 is 0 Å². The maximum atomic E-state index is 13.4. The number of aryl methyl sites for hydroxylation is 1. The van der Waals surface area contributed by atoms with E-state index in [1.54, 1.807) is 55.9 Å². The fourth-order valence-electron chi connectivity index (χ4n) is 4.05. The van der Waals surface area contributed by atoms with E-state index in [0.29, 0.717) is 29.7 Å². The van der Waals surface area contributed by atoms with E-state index in [1.165, 1.54) is 0 Å². The number of aliphatic imine (C=N–C) groups is 1. The van der Waals surface area contributed by atoms with E-state index in [1.807, 2.05) is 24.3 Å². The lowest BCUT2D eigenvalue weighted by Crippen LogP contribution is -2.45. The summed E-state index contributed by atoms with van der Waals surface area (Å²) in [6, 6.07) is 19.0. The van der Waals surface area contributed by atoms with Crippen LogP contribution in [0.25, 0.3) is 0 Å². The number of urea groups is 1. The van der Waals surface area contributed by atoms with Gasteiger partial charge in [0, 0.05) is 18.1 Å². The normalized spacial score (nSPS) is 17.0. The predicted octanol–water partition coefficient (Wildman–Crippen LogP) is 4.16. The second-order valence-electron chi connectivity index (χ2n) is 8.06. The number of esters is 1. The van der Waals surface area contributed by atoms with Crippen LogP contribution in [0.3, 0.4) is 0 Å². The Labute approximate surface area is 203 Å². The molecule has 0 spiro atoms. The van der Waals surface area contributed by atoms with Crippen LogP contribution in [0.5, 0.6) is 5.75 Å². The van der Waals surface area contributed by atoms with E-state index in [4.69, 9.17) is 14.7 Å². The van der Waals surface area contributed by atoms with Crippen molar-refractivity contribution in [2.75, 3.05) is 7.11 Å². The van der Waals surface area contributed by atoms with Crippen molar-refractivity contribution >= 4 is 17.7 Å². The van der Waals surface area contributed by atoms with Gasteiger partial charge in [0.2, 0.25) is 0 Å². The summed E-state index contributed by atoms with van der Waals surface area (Å²) in [4.78, 5) is 34.1. The number of pyridine rings is 1. The molecule has 1 N–H and O–H groups in total. The van der Waals surface area contributed by atoms with Gasteiger partial charge in [0.25, 0.3) is 0 Å². The fourth-order valence-corrected chi connectivity index (χ4v) is 4.05. The maximum absolute atomic E-state index is 13.4. The van der Waals surface area contributed by atoms with Crippen LogP contribution >= 0.6 is 0 Å². The number of nitriles is 1. The van der Waals surface area contributed by atoms with E-state index in [9.17, 15) is 9.59 Å². The van der Waals surface area contributed by atoms with Crippen molar-refractivity contribution in [3.63, 3.8) is 0 Å². The highest BCUT2D eigenvalue weighted by Gasteiger charge is 2.39. The van der Waals surface area contributed by atoms with Crippen molar-refractivity contribution < 1.29 is 19.1 Å². The number of methoxy groups -OCH3 is 1. The molecule has 2 aromatic carbocycles. The largest absolute Gasteiger partial charge is 0.497 e. The number of amides is 2. The third-order valence-corrected chi connectivity index (χ3v) is 5.78. The summed E-state index contributed by atoms with van der Waals surface area (Å²) in [5.41, 5.74) is 3.37. The zero-order chi connectivity index (χ0) is 24.6. The van der Waals surface area contributed by atoms with Gasteiger partial charge in [0.1, 0.15) is 18.3 Å². The molecule has 1 aliphatic heterocycles. The third kappa shape index (κ3) is 5.89. The first-order chi connectivity index (χ1) is 17.1. The molecule has 0 aliphatic carbocycles. The molecule has 0 saturated carbocycles. The van der Waals surface area contributed by atoms with Gasteiger partial charge in [0.05, 0.1) is 24.8 Å². The molecule has 4 rings (SSSR count). The monoisotopic (exact) mass is 468 g/mol. The Morgan fingerprint density at radius 1 is 1.06 bits per heavy atom. The highest BCUT2D eigenvalue weighted by molar-refractivity contribution is 6.09. The zero-order valence-corrected chi connectivity index (χ0v) is 19.2. The molecule has 1 aliphatic rings. The third-order valence-electron chi connectivity index (χ3n) is 5.78. The lowest BCUT2D eigenvalue weighted by Gasteiger charge is -2.31. The van der Waals surface area contributed by atoms with Crippen LogP contribution < -0.4 is 10.1 Å². The number of benzene rings is 2. The Balaban J connectivity index is 1.58. The molecule has 2 amide bonds. The number of nitrogens with zero attached hydrogens (tertiary/aromatic N) is 3.